The van der Waals surface area contributed by atoms with E-state index in [1.807, 2.05) is 24.3 Å². The molecule has 1 aliphatic rings. The quantitative estimate of drug-likeness (QED) is 0.501. The molecule has 3 nitrogen and oxygen atoms in total. The number of rotatable bonds is 5. The maximum Gasteiger partial charge on any atom is 0.211 e. The summed E-state index contributed by atoms with van der Waals surface area (Å²) < 4.78 is 0. The minimum Gasteiger partial charge on any atom is -0.335 e. The Labute approximate surface area is 117 Å². The number of Topliss-reactive ketones (excluding diaryl/α,β-unsaturated/α-hetero) is 1. The highest BCUT2D eigenvalue weighted by Gasteiger charge is 2.11. The second-order valence-electron chi connectivity index (χ2n) is 4.20. The van der Waals surface area contributed by atoms with Gasteiger partial charge in [0.1, 0.15) is 0 Å². The molecule has 1 aromatic rings. The predicted molar refractivity (Wildman–Crippen MR) is 78.5 cm³/mol. The lowest BCUT2D eigenvalue weighted by atomic mass is 9.94. The first-order valence-electron chi connectivity index (χ1n) is 6.11. The molecule has 1 aliphatic carbocycles. The summed E-state index contributed by atoms with van der Waals surface area (Å²) in [5.74, 6) is 5.38. The van der Waals surface area contributed by atoms with Crippen molar-refractivity contribution >= 4 is 17.8 Å². The highest BCUT2D eigenvalue weighted by molar-refractivity contribution is 5.99. The minimum absolute atomic E-state index is 0.0600. The summed E-state index contributed by atoms with van der Waals surface area (Å²) in [6.07, 6.45) is 7.86. The van der Waals surface area contributed by atoms with Gasteiger partial charge >= 0.3 is 0 Å². The molecule has 0 unspecified atom stereocenters. The molecule has 98 valence electrons. The number of allylic oxidation sites excluding steroid dienone is 4. The number of fused-ring (bicyclic) bond motifs is 1. The van der Waals surface area contributed by atoms with E-state index in [-0.39, 0.29) is 5.78 Å². The molecule has 0 fully saturated rings. The zero-order valence-corrected chi connectivity index (χ0v) is 10.8. The van der Waals surface area contributed by atoms with Crippen LogP contribution in [0.2, 0.25) is 0 Å². The van der Waals surface area contributed by atoms with Crippen molar-refractivity contribution in [1.29, 1.82) is 0 Å². The maximum atomic E-state index is 11.3. The average molecular weight is 263 g/mol. The zero-order chi connectivity index (χ0) is 14.4. The van der Waals surface area contributed by atoms with Crippen molar-refractivity contribution < 1.29 is 9.59 Å². The molecule has 0 radical (unpaired) electrons. The van der Waals surface area contributed by atoms with Crippen molar-refractivity contribution in [2.75, 3.05) is 0 Å². The van der Waals surface area contributed by atoms with Crippen LogP contribution in [0, 0.1) is 11.8 Å². The van der Waals surface area contributed by atoms with Gasteiger partial charge in [-0.1, -0.05) is 42.9 Å². The molecule has 1 aromatic carbocycles. The number of benzene rings is 1. The Kier molecular flexibility index (Phi) is 4.31. The summed E-state index contributed by atoms with van der Waals surface area (Å²) in [5, 5.41) is 2.52. The number of hydrogen-bond acceptors (Lipinski definition) is 2. The van der Waals surface area contributed by atoms with Crippen molar-refractivity contribution in [1.82, 2.24) is 5.32 Å². The Balaban J connectivity index is 2.41. The number of ketones is 1. The van der Waals surface area contributed by atoms with Crippen molar-refractivity contribution in [2.24, 2.45) is 0 Å². The lowest BCUT2D eigenvalue weighted by molar-refractivity contribution is -0.113. The van der Waals surface area contributed by atoms with Gasteiger partial charge < -0.3 is 5.32 Å². The normalized spacial score (nSPS) is 13.4. The third-order valence-electron chi connectivity index (χ3n) is 2.85. The molecule has 0 bridgehead atoms. The van der Waals surface area contributed by atoms with E-state index in [0.29, 0.717) is 12.8 Å². The van der Waals surface area contributed by atoms with Crippen LogP contribution in [0.25, 0.3) is 5.57 Å². The first-order chi connectivity index (χ1) is 9.74. The van der Waals surface area contributed by atoms with Crippen molar-refractivity contribution in [3.8, 4) is 11.8 Å². The van der Waals surface area contributed by atoms with Crippen LogP contribution >= 0.6 is 0 Å². The number of hydrogen-bond donors (Lipinski definition) is 1. The van der Waals surface area contributed by atoms with Crippen LogP contribution in [0.5, 0.6) is 0 Å². The molecule has 0 saturated heterocycles. The maximum absolute atomic E-state index is 11.3. The Morgan fingerprint density at radius 3 is 2.95 bits per heavy atom. The van der Waals surface area contributed by atoms with E-state index in [1.165, 1.54) is 0 Å². The molecular weight excluding hydrogens is 250 g/mol. The molecule has 2 rings (SSSR count). The van der Waals surface area contributed by atoms with Gasteiger partial charge in [0.25, 0.3) is 0 Å². The van der Waals surface area contributed by atoms with E-state index in [9.17, 15) is 9.59 Å². The topological polar surface area (TPSA) is 46.2 Å². The van der Waals surface area contributed by atoms with Gasteiger partial charge in [-0.3, -0.25) is 9.59 Å². The molecule has 1 amide bonds. The van der Waals surface area contributed by atoms with E-state index < -0.39 is 0 Å². The van der Waals surface area contributed by atoms with E-state index in [4.69, 9.17) is 0 Å². The van der Waals surface area contributed by atoms with Crippen LogP contribution in [0.1, 0.15) is 16.7 Å². The first-order valence-corrected chi connectivity index (χ1v) is 6.11. The predicted octanol–water partition coefficient (Wildman–Crippen LogP) is 1.99. The van der Waals surface area contributed by atoms with Crippen molar-refractivity contribution in [2.45, 2.75) is 6.42 Å². The third kappa shape index (κ3) is 3.12. The van der Waals surface area contributed by atoms with Gasteiger partial charge in [-0.2, -0.15) is 0 Å². The molecule has 20 heavy (non-hydrogen) atoms. The molecule has 0 heterocycles. The van der Waals surface area contributed by atoms with Gasteiger partial charge in [0.2, 0.25) is 12.2 Å². The summed E-state index contributed by atoms with van der Waals surface area (Å²) in [7, 11) is 0. The summed E-state index contributed by atoms with van der Waals surface area (Å²) in [6, 6.07) is 5.72. The third-order valence-corrected chi connectivity index (χ3v) is 2.85. The highest BCUT2D eigenvalue weighted by atomic mass is 16.1. The summed E-state index contributed by atoms with van der Waals surface area (Å²) in [4.78, 5) is 21.7. The van der Waals surface area contributed by atoms with Gasteiger partial charge in [0.15, 0.2) is 0 Å². The Morgan fingerprint density at radius 1 is 1.35 bits per heavy atom. The van der Waals surface area contributed by atoms with Gasteiger partial charge in [0, 0.05) is 18.2 Å². The van der Waals surface area contributed by atoms with E-state index in [2.05, 4.69) is 23.7 Å². The fourth-order valence-electron chi connectivity index (χ4n) is 1.90. The molecule has 3 heteroatoms. The number of amides is 1. The second kappa shape index (κ2) is 6.35. The molecule has 0 aromatic heterocycles. The van der Waals surface area contributed by atoms with Crippen molar-refractivity contribution in [3.63, 3.8) is 0 Å². The van der Waals surface area contributed by atoms with E-state index in [1.54, 1.807) is 18.4 Å². The van der Waals surface area contributed by atoms with E-state index in [0.717, 1.165) is 22.3 Å². The average Bonchev–Trinajstić information content (AvgIpc) is 2.47. The van der Waals surface area contributed by atoms with Gasteiger partial charge in [-0.15, -0.1) is 0 Å². The molecule has 0 aliphatic heterocycles. The van der Waals surface area contributed by atoms with E-state index >= 15 is 0 Å². The van der Waals surface area contributed by atoms with Gasteiger partial charge in [-0.05, 0) is 28.7 Å². The monoisotopic (exact) mass is 263 g/mol. The summed E-state index contributed by atoms with van der Waals surface area (Å²) >= 11 is 0. The summed E-state index contributed by atoms with van der Waals surface area (Å²) in [6.45, 7) is 3.62. The Hall–Kier alpha value is -2.86. The fourth-order valence-corrected chi connectivity index (χ4v) is 1.90. The van der Waals surface area contributed by atoms with Gasteiger partial charge in [-0.25, -0.2) is 0 Å². The molecule has 0 spiro atoms. The van der Waals surface area contributed by atoms with Crippen LogP contribution in [0.3, 0.4) is 0 Å². The highest BCUT2D eigenvalue weighted by Crippen LogP contribution is 2.21. The fraction of sp³-hybridized carbons (Fsp3) is 0.0588. The molecule has 1 N–H and O–H groups in total. The summed E-state index contributed by atoms with van der Waals surface area (Å²) in [5.41, 5.74) is 3.54. The second-order valence-corrected chi connectivity index (χ2v) is 4.20. The largest absolute Gasteiger partial charge is 0.335 e. The number of nitrogens with one attached hydrogen (secondary N) is 1. The standard InChI is InChI=1S/C17H13NO2/c1-2-3-4-16(11-18-12-19)14-5-6-15-10-17(20)8-7-13(15)9-14/h2-6,9,11-12H,1,10H2,(H,18,19)/b4-3-,16-11+. The lowest BCUT2D eigenvalue weighted by Crippen LogP contribution is -2.06. The first kappa shape index (κ1) is 13.6. The number of carbonyl (C=O) groups excluding carboxylic acids is 2. The minimum atomic E-state index is -0.0600. The van der Waals surface area contributed by atoms with Gasteiger partial charge in [0.05, 0.1) is 0 Å². The van der Waals surface area contributed by atoms with Crippen LogP contribution in [-0.2, 0) is 16.0 Å². The van der Waals surface area contributed by atoms with Crippen molar-refractivity contribution in [3.05, 3.63) is 65.9 Å². The lowest BCUT2D eigenvalue weighted by Gasteiger charge is -2.09. The molecular formula is C17H13NO2. The SMILES string of the molecule is C=C/C=C\C(=C/NC=O)c1ccc2c(c1)C#CC(=O)C2. The smallest absolute Gasteiger partial charge is 0.211 e. The van der Waals surface area contributed by atoms with Crippen LogP contribution in [0.4, 0.5) is 0 Å². The molecule has 0 saturated carbocycles. The number of carbonyl (C=O) groups is 2. The van der Waals surface area contributed by atoms with Crippen LogP contribution < -0.4 is 5.32 Å². The Morgan fingerprint density at radius 2 is 2.20 bits per heavy atom. The van der Waals surface area contributed by atoms with Crippen LogP contribution in [-0.4, -0.2) is 12.2 Å². The zero-order valence-electron chi connectivity index (χ0n) is 10.8. The van der Waals surface area contributed by atoms with Crippen LogP contribution in [0.15, 0.2) is 49.2 Å². The Bertz CT molecular complexity index is 685. The molecule has 0 atom stereocenters.